The van der Waals surface area contributed by atoms with Gasteiger partial charge in [-0.05, 0) is 42.9 Å². The molecule has 7 nitrogen and oxygen atoms in total. The third kappa shape index (κ3) is 2.86. The Bertz CT molecular complexity index is 812. The molecule has 0 spiro atoms. The van der Waals surface area contributed by atoms with Crippen molar-refractivity contribution in [2.45, 2.75) is 38.3 Å². The molecule has 4 rings (SSSR count). The summed E-state index contributed by atoms with van der Waals surface area (Å²) < 4.78 is 4.97. The van der Waals surface area contributed by atoms with Crippen molar-refractivity contribution in [1.82, 2.24) is 9.88 Å². The van der Waals surface area contributed by atoms with E-state index in [0.29, 0.717) is 36.9 Å². The molecule has 2 aliphatic rings. The van der Waals surface area contributed by atoms with Crippen LogP contribution >= 0.6 is 0 Å². The van der Waals surface area contributed by atoms with E-state index in [2.05, 4.69) is 10.3 Å². The minimum Gasteiger partial charge on any atom is -0.478 e. The number of fused-ring (bicyclic) bond motifs is 1. The zero-order valence-corrected chi connectivity index (χ0v) is 13.7. The first kappa shape index (κ1) is 15.7. The van der Waals surface area contributed by atoms with Gasteiger partial charge >= 0.3 is 5.97 Å². The fourth-order valence-corrected chi connectivity index (χ4v) is 3.37. The summed E-state index contributed by atoms with van der Waals surface area (Å²) in [7, 11) is 0. The van der Waals surface area contributed by atoms with Gasteiger partial charge in [0.1, 0.15) is 17.6 Å². The average Bonchev–Trinajstić information content (AvgIpc) is 3.10. The maximum atomic E-state index is 12.5. The number of amides is 1. The number of hydrogen-bond donors (Lipinski definition) is 2. The molecule has 1 amide bonds. The third-order valence-corrected chi connectivity index (χ3v) is 4.98. The standard InChI is InChI=1S/C18H19N3O4/c22-17(11-5-7-25-10-11)21-6-4-14-12(9-21)8-19-16(15(14)18(23)24)20-13-2-1-3-13/h5,7-8,10,13H,1-4,6,9H2,(H,19,20)(H,23,24). The van der Waals surface area contributed by atoms with E-state index < -0.39 is 5.97 Å². The van der Waals surface area contributed by atoms with Crippen LogP contribution in [-0.4, -0.2) is 39.5 Å². The Morgan fingerprint density at radius 2 is 2.20 bits per heavy atom. The Hall–Kier alpha value is -2.83. The van der Waals surface area contributed by atoms with Crippen LogP contribution in [0.15, 0.2) is 29.2 Å². The number of carbonyl (C=O) groups excluding carboxylic acids is 1. The summed E-state index contributed by atoms with van der Waals surface area (Å²) in [5.41, 5.74) is 2.32. The Morgan fingerprint density at radius 1 is 1.36 bits per heavy atom. The van der Waals surface area contributed by atoms with Gasteiger partial charge in [0.25, 0.3) is 5.91 Å². The zero-order valence-electron chi connectivity index (χ0n) is 13.7. The van der Waals surface area contributed by atoms with Gasteiger partial charge in [-0.3, -0.25) is 4.79 Å². The first-order valence-corrected chi connectivity index (χ1v) is 8.45. The van der Waals surface area contributed by atoms with Crippen LogP contribution in [0.3, 0.4) is 0 Å². The molecule has 1 aliphatic heterocycles. The number of aromatic carboxylic acids is 1. The maximum Gasteiger partial charge on any atom is 0.339 e. The number of carbonyl (C=O) groups is 2. The number of hydrogen-bond acceptors (Lipinski definition) is 5. The largest absolute Gasteiger partial charge is 0.478 e. The van der Waals surface area contributed by atoms with Crippen molar-refractivity contribution >= 4 is 17.7 Å². The molecular weight excluding hydrogens is 322 g/mol. The lowest BCUT2D eigenvalue weighted by molar-refractivity contribution is 0.0694. The van der Waals surface area contributed by atoms with Gasteiger partial charge in [0, 0.05) is 25.3 Å². The predicted molar refractivity (Wildman–Crippen MR) is 89.6 cm³/mol. The van der Waals surface area contributed by atoms with E-state index in [-0.39, 0.29) is 11.5 Å². The second kappa shape index (κ2) is 6.23. The van der Waals surface area contributed by atoms with Crippen molar-refractivity contribution in [1.29, 1.82) is 0 Å². The molecule has 1 fully saturated rings. The normalized spacial score (nSPS) is 16.9. The Kier molecular flexibility index (Phi) is 3.91. The molecule has 0 radical (unpaired) electrons. The van der Waals surface area contributed by atoms with Crippen molar-refractivity contribution in [3.05, 3.63) is 47.0 Å². The molecule has 0 aromatic carbocycles. The fourth-order valence-electron chi connectivity index (χ4n) is 3.37. The van der Waals surface area contributed by atoms with Crippen LogP contribution in [0.5, 0.6) is 0 Å². The lowest BCUT2D eigenvalue weighted by atomic mass is 9.92. The summed E-state index contributed by atoms with van der Waals surface area (Å²) in [6.07, 6.45) is 8.34. The number of rotatable bonds is 4. The topological polar surface area (TPSA) is 95.7 Å². The van der Waals surface area contributed by atoms with E-state index in [4.69, 9.17) is 4.42 Å². The van der Waals surface area contributed by atoms with Crippen LogP contribution < -0.4 is 5.32 Å². The van der Waals surface area contributed by atoms with Gasteiger partial charge in [0.2, 0.25) is 0 Å². The molecule has 25 heavy (non-hydrogen) atoms. The number of aromatic nitrogens is 1. The third-order valence-electron chi connectivity index (χ3n) is 4.98. The molecule has 1 aliphatic carbocycles. The first-order valence-electron chi connectivity index (χ1n) is 8.45. The van der Waals surface area contributed by atoms with Gasteiger partial charge < -0.3 is 19.7 Å². The lowest BCUT2D eigenvalue weighted by Crippen LogP contribution is -2.37. The van der Waals surface area contributed by atoms with Crippen LogP contribution in [0.4, 0.5) is 5.82 Å². The molecule has 0 unspecified atom stereocenters. The Labute approximate surface area is 144 Å². The molecule has 130 valence electrons. The molecule has 0 atom stereocenters. The van der Waals surface area contributed by atoms with Gasteiger partial charge in [0.05, 0.1) is 11.8 Å². The zero-order chi connectivity index (χ0) is 17.4. The summed E-state index contributed by atoms with van der Waals surface area (Å²) in [6.45, 7) is 0.834. The summed E-state index contributed by atoms with van der Waals surface area (Å²) in [6, 6.07) is 1.94. The van der Waals surface area contributed by atoms with Gasteiger partial charge in [-0.25, -0.2) is 9.78 Å². The molecule has 7 heteroatoms. The SMILES string of the molecule is O=C(O)c1c(NC2CCC2)ncc2c1CCN(C(=O)c1ccoc1)C2. The summed E-state index contributed by atoms with van der Waals surface area (Å²) in [5, 5.41) is 12.9. The van der Waals surface area contributed by atoms with E-state index in [9.17, 15) is 14.7 Å². The molecule has 3 heterocycles. The summed E-state index contributed by atoms with van der Waals surface area (Å²) >= 11 is 0. The minimum absolute atomic E-state index is 0.118. The number of nitrogens with zero attached hydrogens (tertiary/aromatic N) is 2. The molecule has 0 saturated heterocycles. The highest BCUT2D eigenvalue weighted by atomic mass is 16.4. The number of carboxylic acids is 1. The Balaban J connectivity index is 1.61. The van der Waals surface area contributed by atoms with Gasteiger partial charge in [-0.15, -0.1) is 0 Å². The number of furan rings is 1. The molecule has 2 N–H and O–H groups in total. The van der Waals surface area contributed by atoms with E-state index in [1.807, 2.05) is 0 Å². The highest BCUT2D eigenvalue weighted by molar-refractivity contribution is 5.96. The average molecular weight is 341 g/mol. The van der Waals surface area contributed by atoms with E-state index in [1.54, 1.807) is 17.2 Å². The second-order valence-corrected chi connectivity index (χ2v) is 6.55. The summed E-state index contributed by atoms with van der Waals surface area (Å²) in [5.74, 6) is -0.640. The van der Waals surface area contributed by atoms with Crippen LogP contribution in [0, 0.1) is 0 Å². The fraction of sp³-hybridized carbons (Fsp3) is 0.389. The van der Waals surface area contributed by atoms with Crippen molar-refractivity contribution < 1.29 is 19.1 Å². The first-order chi connectivity index (χ1) is 12.1. The van der Waals surface area contributed by atoms with Gasteiger partial charge in [-0.1, -0.05) is 0 Å². The highest BCUT2D eigenvalue weighted by Crippen LogP contribution is 2.30. The molecule has 2 aromatic heterocycles. The van der Waals surface area contributed by atoms with Crippen LogP contribution in [0.2, 0.25) is 0 Å². The van der Waals surface area contributed by atoms with Crippen molar-refractivity contribution in [2.75, 3.05) is 11.9 Å². The summed E-state index contributed by atoms with van der Waals surface area (Å²) in [4.78, 5) is 30.3. The van der Waals surface area contributed by atoms with Crippen LogP contribution in [0.1, 0.15) is 51.1 Å². The smallest absolute Gasteiger partial charge is 0.339 e. The lowest BCUT2D eigenvalue weighted by Gasteiger charge is -2.31. The van der Waals surface area contributed by atoms with Crippen molar-refractivity contribution in [3.63, 3.8) is 0 Å². The van der Waals surface area contributed by atoms with Crippen LogP contribution in [-0.2, 0) is 13.0 Å². The highest BCUT2D eigenvalue weighted by Gasteiger charge is 2.29. The number of anilines is 1. The second-order valence-electron chi connectivity index (χ2n) is 6.55. The van der Waals surface area contributed by atoms with Gasteiger partial charge in [0.15, 0.2) is 0 Å². The van der Waals surface area contributed by atoms with E-state index in [1.165, 1.54) is 12.5 Å². The minimum atomic E-state index is -0.971. The quantitative estimate of drug-likeness (QED) is 0.887. The molecule has 1 saturated carbocycles. The molecule has 0 bridgehead atoms. The predicted octanol–water partition coefficient (Wildman–Crippen LogP) is 2.54. The molecule has 2 aromatic rings. The number of carboxylic acid groups (broad SMARTS) is 1. The number of nitrogens with one attached hydrogen (secondary N) is 1. The molecular formula is C18H19N3O4. The van der Waals surface area contributed by atoms with Crippen LogP contribution in [0.25, 0.3) is 0 Å². The van der Waals surface area contributed by atoms with E-state index >= 15 is 0 Å². The maximum absolute atomic E-state index is 12.5. The Morgan fingerprint density at radius 3 is 2.84 bits per heavy atom. The van der Waals surface area contributed by atoms with Gasteiger partial charge in [-0.2, -0.15) is 0 Å². The van der Waals surface area contributed by atoms with E-state index in [0.717, 1.165) is 30.4 Å². The van der Waals surface area contributed by atoms with Crippen molar-refractivity contribution in [2.24, 2.45) is 0 Å². The number of pyridine rings is 1. The van der Waals surface area contributed by atoms with Crippen molar-refractivity contribution in [3.8, 4) is 0 Å². The monoisotopic (exact) mass is 341 g/mol.